The summed E-state index contributed by atoms with van der Waals surface area (Å²) in [5, 5.41) is 22.1. The highest BCUT2D eigenvalue weighted by Crippen LogP contribution is 2.77. The molecule has 4 fully saturated rings. The summed E-state index contributed by atoms with van der Waals surface area (Å²) in [4.78, 5) is 25.4. The molecule has 0 saturated heterocycles. The fraction of sp³-hybridized carbons (Fsp3) is 0.692. The number of fused-ring (bicyclic) bond motifs is 7. The molecule has 1 aromatic carbocycles. The van der Waals surface area contributed by atoms with Gasteiger partial charge in [0.15, 0.2) is 0 Å². The quantitative estimate of drug-likeness (QED) is 0.287. The molecule has 0 unspecified atom stereocenters. The normalized spacial score (nSPS) is 42.2. The van der Waals surface area contributed by atoms with E-state index in [0.717, 1.165) is 37.7 Å². The van der Waals surface area contributed by atoms with E-state index in [9.17, 15) is 19.8 Å². The van der Waals surface area contributed by atoms with E-state index in [1.54, 1.807) is 12.1 Å². The molecule has 4 saturated carbocycles. The number of hydrogen-bond acceptors (Lipinski definition) is 3. The van der Waals surface area contributed by atoms with Crippen molar-refractivity contribution in [1.82, 2.24) is 5.32 Å². The number of rotatable bonds is 6. The predicted molar refractivity (Wildman–Crippen MR) is 176 cm³/mol. The first-order valence-corrected chi connectivity index (χ1v) is 17.3. The van der Waals surface area contributed by atoms with E-state index in [1.165, 1.54) is 36.8 Å². The minimum atomic E-state index is -0.880. The monoisotopic (exact) mass is 601 g/mol. The summed E-state index contributed by atoms with van der Waals surface area (Å²) in [6.45, 7) is 19.6. The number of nitrogens with one attached hydrogen (secondary N) is 1. The summed E-state index contributed by atoms with van der Waals surface area (Å²) >= 11 is 0. The summed E-state index contributed by atoms with van der Waals surface area (Å²) in [7, 11) is 0. The highest BCUT2D eigenvalue weighted by atomic mass is 16.4. The van der Waals surface area contributed by atoms with E-state index in [2.05, 4.69) is 59.5 Å². The first-order chi connectivity index (χ1) is 20.7. The number of hydrogen-bond donors (Lipinski definition) is 3. The Bertz CT molecular complexity index is 1380. The molecule has 1 amide bonds. The number of carbonyl (C=O) groups excluding carboxylic acids is 1. The molecule has 0 radical (unpaired) electrons. The van der Waals surface area contributed by atoms with Crippen molar-refractivity contribution in [3.8, 4) is 0 Å². The number of allylic oxidation sites excluding steroid dienone is 3. The zero-order valence-corrected chi connectivity index (χ0v) is 28.0. The molecule has 5 aliphatic carbocycles. The van der Waals surface area contributed by atoms with Gasteiger partial charge in [-0.2, -0.15) is 0 Å². The molecular formula is C39H55NO4. The van der Waals surface area contributed by atoms with Gasteiger partial charge in [0, 0.05) is 6.54 Å². The van der Waals surface area contributed by atoms with Crippen LogP contribution in [-0.2, 0) is 4.79 Å². The molecule has 0 heterocycles. The smallest absolute Gasteiger partial charge is 0.335 e. The Hall–Kier alpha value is -2.40. The zero-order chi connectivity index (χ0) is 31.9. The van der Waals surface area contributed by atoms with Crippen LogP contribution in [0.5, 0.6) is 0 Å². The summed E-state index contributed by atoms with van der Waals surface area (Å²) in [5.41, 5.74) is 4.29. The Kier molecular flexibility index (Phi) is 7.59. The highest BCUT2D eigenvalue weighted by Gasteiger charge is 2.71. The molecular weight excluding hydrogens is 546 g/mol. The third kappa shape index (κ3) is 4.19. The maximum Gasteiger partial charge on any atom is 0.335 e. The number of aliphatic hydroxyl groups is 1. The lowest BCUT2D eigenvalue weighted by Crippen LogP contribution is -2.66. The van der Waals surface area contributed by atoms with Gasteiger partial charge in [-0.1, -0.05) is 65.0 Å². The van der Waals surface area contributed by atoms with Crippen LogP contribution < -0.4 is 5.32 Å². The summed E-state index contributed by atoms with van der Waals surface area (Å²) in [5.74, 6) is 1.66. The van der Waals surface area contributed by atoms with Crippen molar-refractivity contribution in [2.24, 2.45) is 56.7 Å². The maximum absolute atomic E-state index is 13.9. The van der Waals surface area contributed by atoms with Gasteiger partial charge in [-0.15, -0.1) is 0 Å². The van der Waals surface area contributed by atoms with Crippen LogP contribution in [-0.4, -0.2) is 35.2 Å². The van der Waals surface area contributed by atoms with Crippen molar-refractivity contribution in [3.05, 3.63) is 53.6 Å². The number of carboxylic acid groups (broad SMARTS) is 1. The number of carbonyl (C=O) groups is 2. The third-order valence-electron chi connectivity index (χ3n) is 14.9. The van der Waals surface area contributed by atoms with Crippen molar-refractivity contribution in [1.29, 1.82) is 0 Å². The first-order valence-electron chi connectivity index (χ1n) is 17.3. The topological polar surface area (TPSA) is 86.6 Å². The molecule has 6 rings (SSSR count). The van der Waals surface area contributed by atoms with E-state index < -0.39 is 5.97 Å². The van der Waals surface area contributed by atoms with Gasteiger partial charge in [0.1, 0.15) is 0 Å². The van der Waals surface area contributed by atoms with E-state index in [0.29, 0.717) is 41.7 Å². The molecule has 5 aliphatic rings. The van der Waals surface area contributed by atoms with Gasteiger partial charge >= 0.3 is 5.97 Å². The van der Waals surface area contributed by atoms with Crippen LogP contribution in [0.4, 0.5) is 0 Å². The average molecular weight is 602 g/mol. The van der Waals surface area contributed by atoms with E-state index in [-0.39, 0.29) is 39.6 Å². The van der Waals surface area contributed by atoms with Gasteiger partial charge in [-0.05, 0) is 139 Å². The Morgan fingerprint density at radius 1 is 0.909 bits per heavy atom. The lowest BCUT2D eigenvalue weighted by molar-refractivity contribution is -0.225. The van der Waals surface area contributed by atoms with E-state index >= 15 is 0 Å². The number of amides is 1. The largest absolute Gasteiger partial charge is 0.478 e. The molecule has 1 aromatic rings. The first kappa shape index (κ1) is 31.6. The van der Waals surface area contributed by atoms with Crippen molar-refractivity contribution < 1.29 is 19.8 Å². The van der Waals surface area contributed by atoms with Gasteiger partial charge in [0.2, 0.25) is 5.91 Å². The fourth-order valence-electron chi connectivity index (χ4n) is 12.8. The third-order valence-corrected chi connectivity index (χ3v) is 14.9. The maximum atomic E-state index is 13.9. The number of carboxylic acids is 1. The van der Waals surface area contributed by atoms with Crippen LogP contribution in [0.1, 0.15) is 115 Å². The second-order valence-electron chi connectivity index (χ2n) is 16.7. The average Bonchev–Trinajstić information content (AvgIpc) is 3.37. The minimum absolute atomic E-state index is 0.0141. The molecule has 9 atom stereocenters. The molecule has 240 valence electrons. The molecule has 0 aliphatic heterocycles. The number of benzene rings is 1. The standard InChI is InChI=1S/C39H55NO4/c1-24(2)27-14-19-39(34(44)40-22-23-41)21-20-37(6)29(32(27)39)12-13-31-36(5)17-15-28(25-8-10-26(11-9-25)33(42)43)35(3,4)30(36)16-18-38(31,37)7/h8-11,15,27,29-32,41H,1,12-14,16-23H2,2-7H3,(H,40,44)(H,42,43)/t27-,29+,30-,31+,32+,36-,37+,38+,39-/m0/s1. The molecule has 0 spiro atoms. The van der Waals surface area contributed by atoms with E-state index in [1.807, 2.05) is 12.1 Å². The lowest BCUT2D eigenvalue weighted by Gasteiger charge is -2.72. The highest BCUT2D eigenvalue weighted by molar-refractivity contribution is 5.88. The molecule has 0 bridgehead atoms. The van der Waals surface area contributed by atoms with Gasteiger partial charge in [-0.3, -0.25) is 4.79 Å². The summed E-state index contributed by atoms with van der Waals surface area (Å²) in [6.07, 6.45) is 12.4. The Morgan fingerprint density at radius 3 is 2.25 bits per heavy atom. The lowest BCUT2D eigenvalue weighted by atomic mass is 9.32. The summed E-state index contributed by atoms with van der Waals surface area (Å²) in [6, 6.07) is 7.50. The second-order valence-corrected chi connectivity index (χ2v) is 16.7. The van der Waals surface area contributed by atoms with Gasteiger partial charge < -0.3 is 15.5 Å². The number of aromatic carboxylic acids is 1. The minimum Gasteiger partial charge on any atom is -0.478 e. The van der Waals surface area contributed by atoms with Gasteiger partial charge in [-0.25, -0.2) is 4.79 Å². The van der Waals surface area contributed by atoms with Crippen LogP contribution in [0.25, 0.3) is 5.57 Å². The molecule has 5 nitrogen and oxygen atoms in total. The number of aliphatic hydroxyl groups excluding tert-OH is 1. The van der Waals surface area contributed by atoms with Crippen LogP contribution in [0.2, 0.25) is 0 Å². The Balaban J connectivity index is 1.35. The van der Waals surface area contributed by atoms with Crippen LogP contribution in [0.3, 0.4) is 0 Å². The Labute approximate surface area is 265 Å². The van der Waals surface area contributed by atoms with Crippen molar-refractivity contribution in [2.75, 3.05) is 13.2 Å². The second kappa shape index (κ2) is 10.6. The molecule has 0 aromatic heterocycles. The molecule has 5 heteroatoms. The van der Waals surface area contributed by atoms with E-state index in [4.69, 9.17) is 0 Å². The van der Waals surface area contributed by atoms with Crippen molar-refractivity contribution in [2.45, 2.75) is 99.3 Å². The van der Waals surface area contributed by atoms with Crippen LogP contribution in [0.15, 0.2) is 42.5 Å². The van der Waals surface area contributed by atoms with Crippen molar-refractivity contribution >= 4 is 17.4 Å². The van der Waals surface area contributed by atoms with Crippen LogP contribution >= 0.6 is 0 Å². The van der Waals surface area contributed by atoms with Gasteiger partial charge in [0.05, 0.1) is 17.6 Å². The molecule has 3 N–H and O–H groups in total. The van der Waals surface area contributed by atoms with Crippen LogP contribution in [0, 0.1) is 56.7 Å². The predicted octanol–water partition coefficient (Wildman–Crippen LogP) is 8.14. The fourth-order valence-corrected chi connectivity index (χ4v) is 12.8. The molecule has 44 heavy (non-hydrogen) atoms. The zero-order valence-electron chi connectivity index (χ0n) is 28.0. The Morgan fingerprint density at radius 2 is 1.61 bits per heavy atom. The SMILES string of the molecule is C=C(C)[C@@H]1CC[C@]2(C(=O)NCCO)CC[C@]3(C)[C@H](CC[C@@H]4[C@@]5(C)CC=C(c6ccc(C(=O)O)cc6)C(C)(C)[C@@H]5CC[C@]43C)[C@@H]12. The van der Waals surface area contributed by atoms with Crippen molar-refractivity contribution in [3.63, 3.8) is 0 Å². The van der Waals surface area contributed by atoms with Gasteiger partial charge in [0.25, 0.3) is 0 Å². The summed E-state index contributed by atoms with van der Waals surface area (Å²) < 4.78 is 0.